The van der Waals surface area contributed by atoms with Crippen molar-refractivity contribution in [2.75, 3.05) is 18.8 Å². The first kappa shape index (κ1) is 31.9. The molecule has 15 nitrogen and oxygen atoms in total. The molecule has 0 saturated carbocycles. The molecule has 0 aromatic heterocycles. The Kier molecular flexibility index (Phi) is 15.8. The van der Waals surface area contributed by atoms with Crippen molar-refractivity contribution in [1.29, 1.82) is 0 Å². The summed E-state index contributed by atoms with van der Waals surface area (Å²) in [6, 6.07) is -5.10. The smallest absolute Gasteiger partial charge is 0.326 e. The number of thiol groups is 1. The normalized spacial score (nSPS) is 14.0. The number of carbonyl (C=O) groups excluding carboxylic acids is 3. The van der Waals surface area contributed by atoms with E-state index < -0.39 is 60.2 Å². The Morgan fingerprint density at radius 1 is 0.829 bits per heavy atom. The highest BCUT2D eigenvalue weighted by molar-refractivity contribution is 7.80. The van der Waals surface area contributed by atoms with E-state index in [9.17, 15) is 34.2 Å². The van der Waals surface area contributed by atoms with Crippen LogP contribution in [0, 0.1) is 0 Å². The minimum absolute atomic E-state index is 0.0206. The first-order valence-electron chi connectivity index (χ1n) is 10.9. The van der Waals surface area contributed by atoms with Crippen molar-refractivity contribution < 1.29 is 34.2 Å². The Morgan fingerprint density at radius 2 is 1.37 bits per heavy atom. The quantitative estimate of drug-likeness (QED) is 0.0365. The van der Waals surface area contributed by atoms with E-state index in [2.05, 4.69) is 33.6 Å². The first-order chi connectivity index (χ1) is 16.4. The number of aliphatic imine (C=N–C) groups is 1. The molecule has 4 atom stereocenters. The third-order valence-electron chi connectivity index (χ3n) is 4.68. The predicted octanol–water partition coefficient (Wildman–Crippen LogP) is -3.56. The molecule has 0 fully saturated rings. The molecule has 0 radical (unpaired) electrons. The largest absolute Gasteiger partial charge is 0.481 e. The second kappa shape index (κ2) is 17.3. The molecule has 200 valence electrons. The van der Waals surface area contributed by atoms with Gasteiger partial charge in [0, 0.05) is 12.3 Å². The Labute approximate surface area is 208 Å². The zero-order valence-corrected chi connectivity index (χ0v) is 20.2. The molecule has 0 aromatic carbocycles. The summed E-state index contributed by atoms with van der Waals surface area (Å²) >= 11 is 3.93. The van der Waals surface area contributed by atoms with Gasteiger partial charge in [-0.25, -0.2) is 4.79 Å². The van der Waals surface area contributed by atoms with E-state index in [1.807, 2.05) is 0 Å². The van der Waals surface area contributed by atoms with Gasteiger partial charge in [-0.15, -0.1) is 0 Å². The standard InChI is InChI=1S/C19H36N8O7S/c20-6-2-1-4-11(25-15(30)10(21)9-35)16(31)27-13(8-14(28)29)17(32)26-12(18(33)34)5-3-7-24-19(22)23/h10-13,35H,1-9,20-21H2,(H,25,30)(H,26,32)(H,27,31)(H,28,29)(H,33,34)(H4,22,23,24). The Hall–Kier alpha value is -3.11. The summed E-state index contributed by atoms with van der Waals surface area (Å²) in [5.74, 6) is -5.43. The molecule has 0 heterocycles. The minimum Gasteiger partial charge on any atom is -0.481 e. The van der Waals surface area contributed by atoms with Crippen LogP contribution in [0.15, 0.2) is 4.99 Å². The number of nitrogens with one attached hydrogen (secondary N) is 3. The van der Waals surface area contributed by atoms with Crippen LogP contribution in [-0.4, -0.2) is 88.8 Å². The van der Waals surface area contributed by atoms with E-state index in [4.69, 9.17) is 22.9 Å². The van der Waals surface area contributed by atoms with Crippen LogP contribution in [0.4, 0.5) is 0 Å². The number of carbonyl (C=O) groups is 5. The maximum atomic E-state index is 12.8. The summed E-state index contributed by atoms with van der Waals surface area (Å²) in [7, 11) is 0. The minimum atomic E-state index is -1.60. The summed E-state index contributed by atoms with van der Waals surface area (Å²) in [5.41, 5.74) is 21.5. The lowest BCUT2D eigenvalue weighted by Gasteiger charge is -2.24. The Balaban J connectivity index is 5.43. The first-order valence-corrected chi connectivity index (χ1v) is 11.5. The molecule has 13 N–H and O–H groups in total. The zero-order valence-electron chi connectivity index (χ0n) is 19.3. The van der Waals surface area contributed by atoms with Crippen LogP contribution in [0.25, 0.3) is 0 Å². The van der Waals surface area contributed by atoms with Gasteiger partial charge >= 0.3 is 11.9 Å². The summed E-state index contributed by atoms with van der Waals surface area (Å²) in [6.45, 7) is 0.470. The van der Waals surface area contributed by atoms with Crippen molar-refractivity contribution in [3.63, 3.8) is 0 Å². The van der Waals surface area contributed by atoms with Gasteiger partial charge in [-0.05, 0) is 38.6 Å². The number of guanidine groups is 1. The number of nitrogens with zero attached hydrogens (tertiary/aromatic N) is 1. The van der Waals surface area contributed by atoms with Crippen molar-refractivity contribution >= 4 is 48.2 Å². The summed E-state index contributed by atoms with van der Waals surface area (Å²) in [4.78, 5) is 64.2. The van der Waals surface area contributed by atoms with E-state index in [1.165, 1.54) is 0 Å². The summed E-state index contributed by atoms with van der Waals surface area (Å²) in [5, 5.41) is 25.5. The van der Waals surface area contributed by atoms with Gasteiger partial charge in [0.2, 0.25) is 17.7 Å². The van der Waals surface area contributed by atoms with Crippen LogP contribution in [-0.2, 0) is 24.0 Å². The van der Waals surface area contributed by atoms with E-state index in [-0.39, 0.29) is 37.5 Å². The number of rotatable bonds is 18. The van der Waals surface area contributed by atoms with Crippen molar-refractivity contribution in [2.24, 2.45) is 27.9 Å². The van der Waals surface area contributed by atoms with Crippen LogP contribution >= 0.6 is 12.6 Å². The average molecular weight is 521 g/mol. The van der Waals surface area contributed by atoms with Crippen LogP contribution in [0.3, 0.4) is 0 Å². The molecular weight excluding hydrogens is 484 g/mol. The van der Waals surface area contributed by atoms with Gasteiger partial charge < -0.3 is 49.1 Å². The maximum Gasteiger partial charge on any atom is 0.326 e. The van der Waals surface area contributed by atoms with Crippen molar-refractivity contribution in [2.45, 2.75) is 62.7 Å². The fourth-order valence-corrected chi connectivity index (χ4v) is 2.98. The number of amides is 3. The third-order valence-corrected chi connectivity index (χ3v) is 5.08. The Bertz CT molecular complexity index is 763. The number of aliphatic carboxylic acids is 2. The lowest BCUT2D eigenvalue weighted by Crippen LogP contribution is -2.57. The van der Waals surface area contributed by atoms with Crippen molar-refractivity contribution in [3.05, 3.63) is 0 Å². The van der Waals surface area contributed by atoms with E-state index in [0.29, 0.717) is 19.4 Å². The number of hydrogen-bond acceptors (Lipinski definition) is 9. The molecule has 0 aliphatic rings. The SMILES string of the molecule is NCCCCC(NC(=O)C(N)CS)C(=O)NC(CC(=O)O)C(=O)NC(CCCN=C(N)N)C(=O)O. The molecular formula is C19H36N8O7S. The molecule has 4 unspecified atom stereocenters. The molecule has 0 aliphatic heterocycles. The number of hydrogen-bond donors (Lipinski definition) is 10. The fourth-order valence-electron chi connectivity index (χ4n) is 2.81. The maximum absolute atomic E-state index is 12.8. The third kappa shape index (κ3) is 14.0. The Morgan fingerprint density at radius 3 is 1.89 bits per heavy atom. The molecule has 0 saturated heterocycles. The van der Waals surface area contributed by atoms with Crippen LogP contribution in [0.2, 0.25) is 0 Å². The number of carboxylic acids is 2. The topological polar surface area (TPSA) is 278 Å². The van der Waals surface area contributed by atoms with Crippen molar-refractivity contribution in [1.82, 2.24) is 16.0 Å². The second-order valence-electron chi connectivity index (χ2n) is 7.64. The highest BCUT2D eigenvalue weighted by atomic mass is 32.1. The van der Waals surface area contributed by atoms with Crippen LogP contribution < -0.4 is 38.9 Å². The molecule has 0 rings (SSSR count). The predicted molar refractivity (Wildman–Crippen MR) is 130 cm³/mol. The average Bonchev–Trinajstić information content (AvgIpc) is 2.78. The molecule has 0 aromatic rings. The van der Waals surface area contributed by atoms with Gasteiger partial charge in [0.25, 0.3) is 0 Å². The van der Waals surface area contributed by atoms with Gasteiger partial charge in [0.1, 0.15) is 18.1 Å². The van der Waals surface area contributed by atoms with E-state index >= 15 is 0 Å². The number of nitrogens with two attached hydrogens (primary N) is 4. The number of unbranched alkanes of at least 4 members (excludes halogenated alkanes) is 1. The summed E-state index contributed by atoms with van der Waals surface area (Å²) < 4.78 is 0. The van der Waals surface area contributed by atoms with Gasteiger partial charge in [-0.2, -0.15) is 12.6 Å². The second-order valence-corrected chi connectivity index (χ2v) is 8.01. The van der Waals surface area contributed by atoms with Gasteiger partial charge in [-0.3, -0.25) is 24.2 Å². The molecule has 0 aliphatic carbocycles. The van der Waals surface area contributed by atoms with Gasteiger partial charge in [0.05, 0.1) is 12.5 Å². The highest BCUT2D eigenvalue weighted by Crippen LogP contribution is 2.05. The molecule has 35 heavy (non-hydrogen) atoms. The van der Waals surface area contributed by atoms with Crippen LogP contribution in [0.5, 0.6) is 0 Å². The lowest BCUT2D eigenvalue weighted by atomic mass is 10.1. The van der Waals surface area contributed by atoms with Gasteiger partial charge in [-0.1, -0.05) is 0 Å². The zero-order chi connectivity index (χ0) is 27.0. The molecule has 0 bridgehead atoms. The van der Waals surface area contributed by atoms with Crippen molar-refractivity contribution in [3.8, 4) is 0 Å². The number of carboxylic acid groups (broad SMARTS) is 2. The van der Waals surface area contributed by atoms with Crippen LogP contribution in [0.1, 0.15) is 38.5 Å². The lowest BCUT2D eigenvalue weighted by molar-refractivity contribution is -0.143. The fraction of sp³-hybridized carbons (Fsp3) is 0.684. The van der Waals surface area contributed by atoms with E-state index in [0.717, 1.165) is 0 Å². The molecule has 16 heteroatoms. The summed E-state index contributed by atoms with van der Waals surface area (Å²) in [6.07, 6.45) is 0.501. The molecule has 0 spiro atoms. The van der Waals surface area contributed by atoms with E-state index in [1.54, 1.807) is 0 Å². The highest BCUT2D eigenvalue weighted by Gasteiger charge is 2.31. The monoisotopic (exact) mass is 520 g/mol. The molecule has 3 amide bonds. The van der Waals surface area contributed by atoms with Gasteiger partial charge in [0.15, 0.2) is 5.96 Å².